The summed E-state index contributed by atoms with van der Waals surface area (Å²) in [5, 5.41) is 13.4. The van der Waals surface area contributed by atoms with Crippen LogP contribution in [0.2, 0.25) is 0 Å². The zero-order valence-corrected chi connectivity index (χ0v) is 11.6. The highest BCUT2D eigenvalue weighted by molar-refractivity contribution is 4.76. The molecule has 1 saturated carbocycles. The average molecular weight is 256 g/mol. The molecule has 2 fully saturated rings. The van der Waals surface area contributed by atoms with Gasteiger partial charge in [0.25, 0.3) is 0 Å². The molecule has 0 aromatic rings. The Hall–Kier alpha value is -0.160. The van der Waals surface area contributed by atoms with E-state index >= 15 is 0 Å². The number of aliphatic hydroxyl groups excluding tert-OH is 1. The highest BCUT2D eigenvalue weighted by Crippen LogP contribution is 2.29. The smallest absolute Gasteiger partial charge is 0.0791 e. The maximum Gasteiger partial charge on any atom is 0.0791 e. The number of nitrogens with one attached hydrogen (secondary N) is 1. The summed E-state index contributed by atoms with van der Waals surface area (Å²) in [6, 6.07) is 0. The van der Waals surface area contributed by atoms with Crippen molar-refractivity contribution >= 4 is 0 Å². The SMILES string of the molecule is CC1CCC(CNCC(O)CN2CCOCC2)C1. The van der Waals surface area contributed by atoms with Crippen molar-refractivity contribution in [3.05, 3.63) is 0 Å². The summed E-state index contributed by atoms with van der Waals surface area (Å²) in [5.74, 6) is 1.73. The molecule has 4 heteroatoms. The standard InChI is InChI=1S/C14H28N2O2/c1-12-2-3-13(8-12)9-15-10-14(17)11-16-4-6-18-7-5-16/h12-15,17H,2-11H2,1H3. The second kappa shape index (κ2) is 7.43. The first-order valence-electron chi connectivity index (χ1n) is 7.43. The minimum absolute atomic E-state index is 0.248. The first kappa shape index (κ1) is 14.3. The molecule has 106 valence electrons. The fraction of sp³-hybridized carbons (Fsp3) is 1.00. The lowest BCUT2D eigenvalue weighted by Crippen LogP contribution is -2.44. The van der Waals surface area contributed by atoms with Crippen LogP contribution in [0.15, 0.2) is 0 Å². The van der Waals surface area contributed by atoms with Gasteiger partial charge in [-0.25, -0.2) is 0 Å². The lowest BCUT2D eigenvalue weighted by molar-refractivity contribution is 0.0148. The topological polar surface area (TPSA) is 44.7 Å². The van der Waals surface area contributed by atoms with Crippen LogP contribution in [0, 0.1) is 11.8 Å². The molecule has 1 aliphatic heterocycles. The molecule has 0 amide bonds. The predicted molar refractivity (Wildman–Crippen MR) is 72.6 cm³/mol. The number of morpholine rings is 1. The van der Waals surface area contributed by atoms with Crippen LogP contribution in [0.3, 0.4) is 0 Å². The van der Waals surface area contributed by atoms with Crippen molar-refractivity contribution in [2.75, 3.05) is 45.9 Å². The summed E-state index contributed by atoms with van der Waals surface area (Å²) in [6.45, 7) is 8.44. The van der Waals surface area contributed by atoms with E-state index in [1.165, 1.54) is 19.3 Å². The van der Waals surface area contributed by atoms with Gasteiger partial charge in [0.05, 0.1) is 19.3 Å². The van der Waals surface area contributed by atoms with Gasteiger partial charge in [-0.3, -0.25) is 4.90 Å². The van der Waals surface area contributed by atoms with Crippen molar-refractivity contribution in [2.24, 2.45) is 11.8 Å². The van der Waals surface area contributed by atoms with Gasteiger partial charge in [0.15, 0.2) is 0 Å². The molecule has 2 aliphatic rings. The van der Waals surface area contributed by atoms with Crippen molar-refractivity contribution < 1.29 is 9.84 Å². The van der Waals surface area contributed by atoms with Gasteiger partial charge in [0, 0.05) is 26.2 Å². The Kier molecular flexibility index (Phi) is 5.89. The zero-order chi connectivity index (χ0) is 12.8. The van der Waals surface area contributed by atoms with E-state index in [4.69, 9.17) is 4.74 Å². The summed E-state index contributed by atoms with van der Waals surface area (Å²) in [7, 11) is 0. The van der Waals surface area contributed by atoms with Gasteiger partial charge in [-0.1, -0.05) is 13.3 Å². The molecule has 3 unspecified atom stereocenters. The number of hydrogen-bond acceptors (Lipinski definition) is 4. The fourth-order valence-corrected chi connectivity index (χ4v) is 3.11. The average Bonchev–Trinajstić information content (AvgIpc) is 2.76. The van der Waals surface area contributed by atoms with E-state index in [0.29, 0.717) is 0 Å². The summed E-state index contributed by atoms with van der Waals surface area (Å²) < 4.78 is 5.30. The maximum atomic E-state index is 9.98. The summed E-state index contributed by atoms with van der Waals surface area (Å²) in [6.07, 6.45) is 3.84. The first-order chi connectivity index (χ1) is 8.74. The van der Waals surface area contributed by atoms with E-state index in [2.05, 4.69) is 17.1 Å². The second-order valence-corrected chi connectivity index (χ2v) is 6.01. The lowest BCUT2D eigenvalue weighted by atomic mass is 10.1. The molecule has 0 bridgehead atoms. The van der Waals surface area contributed by atoms with Gasteiger partial charge in [-0.15, -0.1) is 0 Å². The Morgan fingerprint density at radius 2 is 2.11 bits per heavy atom. The van der Waals surface area contributed by atoms with E-state index in [-0.39, 0.29) is 6.10 Å². The van der Waals surface area contributed by atoms with Crippen molar-refractivity contribution in [2.45, 2.75) is 32.3 Å². The third-order valence-corrected chi connectivity index (χ3v) is 4.19. The number of nitrogens with zero attached hydrogens (tertiary/aromatic N) is 1. The van der Waals surface area contributed by atoms with E-state index in [1.807, 2.05) is 0 Å². The van der Waals surface area contributed by atoms with Gasteiger partial charge < -0.3 is 15.2 Å². The molecular weight excluding hydrogens is 228 g/mol. The van der Waals surface area contributed by atoms with Gasteiger partial charge in [0.1, 0.15) is 0 Å². The maximum absolute atomic E-state index is 9.98. The van der Waals surface area contributed by atoms with Gasteiger partial charge in [0.2, 0.25) is 0 Å². The zero-order valence-electron chi connectivity index (χ0n) is 11.6. The van der Waals surface area contributed by atoms with E-state index in [0.717, 1.165) is 57.8 Å². The lowest BCUT2D eigenvalue weighted by Gasteiger charge is -2.28. The van der Waals surface area contributed by atoms with Crippen molar-refractivity contribution in [3.8, 4) is 0 Å². The normalized spacial score (nSPS) is 31.7. The van der Waals surface area contributed by atoms with Crippen molar-refractivity contribution in [3.63, 3.8) is 0 Å². The third-order valence-electron chi connectivity index (χ3n) is 4.19. The number of rotatable bonds is 6. The molecule has 4 nitrogen and oxygen atoms in total. The molecule has 2 rings (SSSR count). The molecule has 2 N–H and O–H groups in total. The van der Waals surface area contributed by atoms with Gasteiger partial charge >= 0.3 is 0 Å². The fourth-order valence-electron chi connectivity index (χ4n) is 3.11. The minimum Gasteiger partial charge on any atom is -0.390 e. The molecule has 0 spiro atoms. The van der Waals surface area contributed by atoms with Crippen LogP contribution in [-0.4, -0.2) is 62.0 Å². The van der Waals surface area contributed by atoms with E-state index in [9.17, 15) is 5.11 Å². The number of aliphatic hydroxyl groups is 1. The number of hydrogen-bond donors (Lipinski definition) is 2. The summed E-state index contributed by atoms with van der Waals surface area (Å²) >= 11 is 0. The van der Waals surface area contributed by atoms with Gasteiger partial charge in [-0.05, 0) is 31.2 Å². The monoisotopic (exact) mass is 256 g/mol. The van der Waals surface area contributed by atoms with Crippen molar-refractivity contribution in [1.82, 2.24) is 10.2 Å². The van der Waals surface area contributed by atoms with E-state index in [1.54, 1.807) is 0 Å². The van der Waals surface area contributed by atoms with Crippen molar-refractivity contribution in [1.29, 1.82) is 0 Å². The summed E-state index contributed by atoms with van der Waals surface area (Å²) in [4.78, 5) is 2.29. The van der Waals surface area contributed by atoms with Gasteiger partial charge in [-0.2, -0.15) is 0 Å². The van der Waals surface area contributed by atoms with Crippen LogP contribution in [0.5, 0.6) is 0 Å². The molecule has 0 aromatic heterocycles. The predicted octanol–water partition coefficient (Wildman–Crippen LogP) is 0.705. The molecule has 1 heterocycles. The molecule has 0 aromatic carbocycles. The Bertz CT molecular complexity index is 232. The second-order valence-electron chi connectivity index (χ2n) is 6.01. The molecule has 0 radical (unpaired) electrons. The van der Waals surface area contributed by atoms with Crippen LogP contribution in [0.1, 0.15) is 26.2 Å². The Balaban J connectivity index is 1.52. The quantitative estimate of drug-likeness (QED) is 0.734. The molecule has 1 saturated heterocycles. The van der Waals surface area contributed by atoms with Crippen LogP contribution < -0.4 is 5.32 Å². The number of β-amino-alcohol motifs (C(OH)–C–C–N with tert-alkyl or cyclic N) is 1. The van der Waals surface area contributed by atoms with Crippen LogP contribution in [0.25, 0.3) is 0 Å². The minimum atomic E-state index is -0.248. The highest BCUT2D eigenvalue weighted by atomic mass is 16.5. The Morgan fingerprint density at radius 1 is 1.33 bits per heavy atom. The first-order valence-corrected chi connectivity index (χ1v) is 7.43. The molecule has 1 aliphatic carbocycles. The summed E-state index contributed by atoms with van der Waals surface area (Å²) in [5.41, 5.74) is 0. The number of ether oxygens (including phenoxy) is 1. The molecule has 3 atom stereocenters. The molecule has 18 heavy (non-hydrogen) atoms. The van der Waals surface area contributed by atoms with E-state index < -0.39 is 0 Å². The Morgan fingerprint density at radius 3 is 2.78 bits per heavy atom. The third kappa shape index (κ3) is 4.84. The van der Waals surface area contributed by atoms with Crippen LogP contribution in [0.4, 0.5) is 0 Å². The largest absolute Gasteiger partial charge is 0.390 e. The highest BCUT2D eigenvalue weighted by Gasteiger charge is 2.21. The molecular formula is C14H28N2O2. The Labute approximate surface area is 111 Å². The van der Waals surface area contributed by atoms with Crippen LogP contribution >= 0.6 is 0 Å². The van der Waals surface area contributed by atoms with Crippen LogP contribution in [-0.2, 0) is 4.74 Å².